The SMILES string of the molecule is CCOC(=O)CC[P+](c1ccccc1)(c1ccccc1)c1ccccc1.[Br-]. The molecule has 140 valence electrons. The van der Waals surface area contributed by atoms with Crippen LogP contribution in [0.3, 0.4) is 0 Å². The maximum atomic E-state index is 12.2. The summed E-state index contributed by atoms with van der Waals surface area (Å²) in [6, 6.07) is 31.8. The van der Waals surface area contributed by atoms with Gasteiger partial charge in [0.1, 0.15) is 23.2 Å². The Bertz CT molecular complexity index is 726. The van der Waals surface area contributed by atoms with Gasteiger partial charge in [0.05, 0.1) is 19.2 Å². The third-order valence-electron chi connectivity index (χ3n) is 4.55. The Balaban J connectivity index is 0.00000261. The summed E-state index contributed by atoms with van der Waals surface area (Å²) < 4.78 is 5.22. The molecule has 2 nitrogen and oxygen atoms in total. The maximum Gasteiger partial charge on any atom is 0.309 e. The number of hydrogen-bond donors (Lipinski definition) is 0. The quantitative estimate of drug-likeness (QED) is 0.402. The normalized spacial score (nSPS) is 10.7. The lowest BCUT2D eigenvalue weighted by atomic mass is 10.3. The van der Waals surface area contributed by atoms with E-state index in [1.165, 1.54) is 15.9 Å². The molecular weight excluding hydrogens is 419 g/mol. The van der Waals surface area contributed by atoms with Crippen molar-refractivity contribution in [2.75, 3.05) is 12.8 Å². The van der Waals surface area contributed by atoms with Gasteiger partial charge in [-0.3, -0.25) is 4.79 Å². The minimum atomic E-state index is -1.93. The van der Waals surface area contributed by atoms with Gasteiger partial charge in [-0.05, 0) is 43.3 Å². The van der Waals surface area contributed by atoms with Crippen LogP contribution in [0.4, 0.5) is 0 Å². The highest BCUT2D eigenvalue weighted by atomic mass is 79.9. The monoisotopic (exact) mass is 442 g/mol. The Hall–Kier alpha value is -1.96. The lowest BCUT2D eigenvalue weighted by Crippen LogP contribution is -3.00. The summed E-state index contributed by atoms with van der Waals surface area (Å²) in [5, 5.41) is 3.88. The lowest BCUT2D eigenvalue weighted by Gasteiger charge is -2.27. The summed E-state index contributed by atoms with van der Waals surface area (Å²) in [5.41, 5.74) is 0. The fraction of sp³-hybridized carbons (Fsp3) is 0.174. The largest absolute Gasteiger partial charge is 1.00 e. The van der Waals surface area contributed by atoms with Gasteiger partial charge in [0.2, 0.25) is 0 Å². The summed E-state index contributed by atoms with van der Waals surface area (Å²) >= 11 is 0. The van der Waals surface area contributed by atoms with E-state index in [1.807, 2.05) is 25.1 Å². The molecule has 3 rings (SSSR count). The molecule has 0 bridgehead atoms. The van der Waals surface area contributed by atoms with Gasteiger partial charge in [0.25, 0.3) is 0 Å². The van der Waals surface area contributed by atoms with Crippen LogP contribution in [-0.2, 0) is 9.53 Å². The van der Waals surface area contributed by atoms with Crippen molar-refractivity contribution in [2.24, 2.45) is 0 Å². The van der Waals surface area contributed by atoms with Gasteiger partial charge in [0, 0.05) is 0 Å². The minimum Gasteiger partial charge on any atom is -1.00 e. The molecule has 0 N–H and O–H groups in total. The second-order valence-corrected chi connectivity index (χ2v) is 9.71. The molecule has 4 heteroatoms. The molecule has 27 heavy (non-hydrogen) atoms. The van der Waals surface area contributed by atoms with E-state index >= 15 is 0 Å². The van der Waals surface area contributed by atoms with Gasteiger partial charge in [-0.2, -0.15) is 0 Å². The number of carbonyl (C=O) groups is 1. The van der Waals surface area contributed by atoms with Crippen molar-refractivity contribution in [1.82, 2.24) is 0 Å². The fourth-order valence-electron chi connectivity index (χ4n) is 3.37. The average molecular weight is 443 g/mol. The number of carbonyl (C=O) groups excluding carboxylic acids is 1. The Morgan fingerprint density at radius 2 is 1.11 bits per heavy atom. The smallest absolute Gasteiger partial charge is 0.309 e. The van der Waals surface area contributed by atoms with Crippen LogP contribution in [0.25, 0.3) is 0 Å². The van der Waals surface area contributed by atoms with Crippen molar-refractivity contribution in [3.63, 3.8) is 0 Å². The van der Waals surface area contributed by atoms with E-state index in [-0.39, 0.29) is 23.0 Å². The van der Waals surface area contributed by atoms with Crippen LogP contribution in [0.2, 0.25) is 0 Å². The Morgan fingerprint density at radius 3 is 1.44 bits per heavy atom. The molecule has 0 unspecified atom stereocenters. The molecule has 0 aromatic heterocycles. The molecular formula is C23H24BrO2P. The van der Waals surface area contributed by atoms with Gasteiger partial charge in [0.15, 0.2) is 0 Å². The second-order valence-electron chi connectivity index (χ2n) is 6.10. The Morgan fingerprint density at radius 1 is 0.741 bits per heavy atom. The average Bonchev–Trinajstić information content (AvgIpc) is 2.71. The summed E-state index contributed by atoms with van der Waals surface area (Å²) in [6.45, 7) is 2.28. The third-order valence-corrected chi connectivity index (χ3v) is 8.98. The zero-order chi connectivity index (χ0) is 18.2. The van der Waals surface area contributed by atoms with Crippen molar-refractivity contribution >= 4 is 29.1 Å². The van der Waals surface area contributed by atoms with Crippen LogP contribution in [0, 0.1) is 0 Å². The minimum absolute atomic E-state index is 0. The molecule has 0 aliphatic heterocycles. The number of esters is 1. The second kappa shape index (κ2) is 10.4. The van der Waals surface area contributed by atoms with Gasteiger partial charge < -0.3 is 21.7 Å². The van der Waals surface area contributed by atoms with Crippen molar-refractivity contribution in [2.45, 2.75) is 13.3 Å². The van der Waals surface area contributed by atoms with Crippen LogP contribution in [0.5, 0.6) is 0 Å². The molecule has 0 heterocycles. The number of halogens is 1. The highest BCUT2D eigenvalue weighted by Crippen LogP contribution is 2.55. The van der Waals surface area contributed by atoms with Crippen molar-refractivity contribution in [3.05, 3.63) is 91.0 Å². The highest BCUT2D eigenvalue weighted by molar-refractivity contribution is 7.95. The first kappa shape index (κ1) is 21.3. The zero-order valence-corrected chi connectivity index (χ0v) is 17.9. The first-order chi connectivity index (χ1) is 12.8. The van der Waals surface area contributed by atoms with Crippen LogP contribution in [0.1, 0.15) is 13.3 Å². The van der Waals surface area contributed by atoms with Crippen molar-refractivity contribution in [1.29, 1.82) is 0 Å². The number of ether oxygens (including phenoxy) is 1. The summed E-state index contributed by atoms with van der Waals surface area (Å²) in [5.74, 6) is -0.125. The number of benzene rings is 3. The topological polar surface area (TPSA) is 26.3 Å². The van der Waals surface area contributed by atoms with E-state index < -0.39 is 7.26 Å². The van der Waals surface area contributed by atoms with Crippen LogP contribution < -0.4 is 32.9 Å². The summed E-state index contributed by atoms with van der Waals surface area (Å²) in [7, 11) is -1.93. The molecule has 0 spiro atoms. The highest BCUT2D eigenvalue weighted by Gasteiger charge is 2.45. The Labute approximate surface area is 172 Å². The molecule has 0 saturated heterocycles. The van der Waals surface area contributed by atoms with Gasteiger partial charge in [-0.25, -0.2) is 0 Å². The van der Waals surface area contributed by atoms with Crippen LogP contribution >= 0.6 is 7.26 Å². The first-order valence-electron chi connectivity index (χ1n) is 8.98. The van der Waals surface area contributed by atoms with Crippen molar-refractivity contribution < 1.29 is 26.5 Å². The van der Waals surface area contributed by atoms with E-state index in [1.54, 1.807) is 0 Å². The predicted molar refractivity (Wildman–Crippen MR) is 111 cm³/mol. The van der Waals surface area contributed by atoms with Gasteiger partial charge in [-0.15, -0.1) is 0 Å². The van der Waals surface area contributed by atoms with Crippen LogP contribution in [-0.4, -0.2) is 18.7 Å². The molecule has 0 radical (unpaired) electrons. The predicted octanol–water partition coefficient (Wildman–Crippen LogP) is 0.938. The van der Waals surface area contributed by atoms with E-state index in [0.717, 1.165) is 6.16 Å². The molecule has 0 saturated carbocycles. The number of rotatable bonds is 7. The van der Waals surface area contributed by atoms with E-state index in [0.29, 0.717) is 13.0 Å². The standard InChI is InChI=1S/C23H24O2P.BrH/c1-2-25-23(24)18-19-26(20-12-6-3-7-13-20,21-14-8-4-9-15-21)22-16-10-5-11-17-22;/h3-17H,2,18-19H2,1H3;1H/q+1;/p-1. The molecule has 0 aliphatic carbocycles. The van der Waals surface area contributed by atoms with Gasteiger partial charge in [-0.1, -0.05) is 54.6 Å². The van der Waals surface area contributed by atoms with E-state index in [9.17, 15) is 4.79 Å². The molecule has 3 aromatic carbocycles. The molecule has 3 aromatic rings. The first-order valence-corrected chi connectivity index (χ1v) is 11.0. The van der Waals surface area contributed by atoms with Gasteiger partial charge >= 0.3 is 5.97 Å². The third kappa shape index (κ3) is 4.86. The fourth-order valence-corrected chi connectivity index (χ4v) is 7.60. The van der Waals surface area contributed by atoms with Crippen molar-refractivity contribution in [3.8, 4) is 0 Å². The lowest BCUT2D eigenvalue weighted by molar-refractivity contribution is -0.142. The summed E-state index contributed by atoms with van der Waals surface area (Å²) in [4.78, 5) is 12.2. The molecule has 0 atom stereocenters. The molecule has 0 aliphatic rings. The maximum absolute atomic E-state index is 12.2. The number of hydrogen-bond acceptors (Lipinski definition) is 2. The van der Waals surface area contributed by atoms with E-state index in [4.69, 9.17) is 4.74 Å². The van der Waals surface area contributed by atoms with E-state index in [2.05, 4.69) is 72.8 Å². The Kier molecular flexibility index (Phi) is 8.22. The van der Waals surface area contributed by atoms with Crippen LogP contribution in [0.15, 0.2) is 91.0 Å². The molecule has 0 amide bonds. The molecule has 0 fully saturated rings. The zero-order valence-electron chi connectivity index (χ0n) is 15.4. The summed E-state index contributed by atoms with van der Waals surface area (Å²) in [6.07, 6.45) is 1.18.